The fraction of sp³-hybridized carbons (Fsp3) is 0.500. The smallest absolute Gasteiger partial charge is 0.306 e. The molecule has 2 rings (SSSR count). The van der Waals surface area contributed by atoms with E-state index in [2.05, 4.69) is 0 Å². The lowest BCUT2D eigenvalue weighted by molar-refractivity contribution is -0.385. The second-order valence-electron chi connectivity index (χ2n) is 5.25. The molecule has 1 fully saturated rings. The topological polar surface area (TPSA) is 69.4 Å². The van der Waals surface area contributed by atoms with Crippen LogP contribution < -0.4 is 0 Å². The third-order valence-electron chi connectivity index (χ3n) is 3.61. The van der Waals surface area contributed by atoms with E-state index >= 15 is 0 Å². The van der Waals surface area contributed by atoms with Gasteiger partial charge in [-0.15, -0.1) is 11.8 Å². The molecule has 5 nitrogen and oxygen atoms in total. The van der Waals surface area contributed by atoms with Crippen LogP contribution in [0, 0.1) is 22.5 Å². The van der Waals surface area contributed by atoms with E-state index in [9.17, 15) is 14.9 Å². The predicted octanol–water partition coefficient (Wildman–Crippen LogP) is 3.34. The summed E-state index contributed by atoms with van der Waals surface area (Å²) in [5.41, 5.74) is 1.08. The minimum absolute atomic E-state index is 0.0615. The number of nitro groups is 1. The molecule has 20 heavy (non-hydrogen) atoms. The van der Waals surface area contributed by atoms with Crippen LogP contribution in [0.25, 0.3) is 0 Å². The summed E-state index contributed by atoms with van der Waals surface area (Å²) in [6.45, 7) is 1.87. The number of esters is 1. The maximum absolute atomic E-state index is 11.4. The van der Waals surface area contributed by atoms with Crippen molar-refractivity contribution in [3.05, 3.63) is 33.9 Å². The van der Waals surface area contributed by atoms with Crippen LogP contribution in [0.5, 0.6) is 0 Å². The van der Waals surface area contributed by atoms with Crippen LogP contribution >= 0.6 is 11.8 Å². The highest BCUT2D eigenvalue weighted by Gasteiger charge is 2.44. The standard InChI is InChI=1S/C14H17NO4S/c1-10-7-11(15(17)18)3-4-12(10)20-9-14(5-6-14)8-13(16)19-2/h3-4,7H,5-6,8-9H2,1-2H3. The highest BCUT2D eigenvalue weighted by Crippen LogP contribution is 2.52. The predicted molar refractivity (Wildman–Crippen MR) is 76.9 cm³/mol. The molecule has 1 aliphatic rings. The van der Waals surface area contributed by atoms with Crippen LogP contribution in [0.15, 0.2) is 23.1 Å². The van der Waals surface area contributed by atoms with Gasteiger partial charge >= 0.3 is 5.97 Å². The first-order valence-electron chi connectivity index (χ1n) is 6.40. The molecule has 0 radical (unpaired) electrons. The minimum atomic E-state index is -0.388. The number of methoxy groups -OCH3 is 1. The lowest BCUT2D eigenvalue weighted by Crippen LogP contribution is -2.13. The number of rotatable bonds is 6. The van der Waals surface area contributed by atoms with E-state index in [0.29, 0.717) is 6.42 Å². The highest BCUT2D eigenvalue weighted by molar-refractivity contribution is 7.99. The van der Waals surface area contributed by atoms with Gasteiger partial charge in [0, 0.05) is 22.8 Å². The number of aryl methyl sites for hydroxylation is 1. The maximum atomic E-state index is 11.4. The van der Waals surface area contributed by atoms with E-state index in [0.717, 1.165) is 29.1 Å². The molecule has 108 valence electrons. The maximum Gasteiger partial charge on any atom is 0.306 e. The van der Waals surface area contributed by atoms with E-state index in [4.69, 9.17) is 4.74 Å². The van der Waals surface area contributed by atoms with Crippen molar-refractivity contribution in [2.45, 2.75) is 31.1 Å². The number of ether oxygens (including phenoxy) is 1. The number of carbonyl (C=O) groups is 1. The van der Waals surface area contributed by atoms with Gasteiger partial charge in [0.15, 0.2) is 0 Å². The Bertz CT molecular complexity index is 540. The Morgan fingerprint density at radius 2 is 2.20 bits per heavy atom. The number of thioether (sulfide) groups is 1. The van der Waals surface area contributed by atoms with Crippen LogP contribution in [0.4, 0.5) is 5.69 Å². The zero-order valence-electron chi connectivity index (χ0n) is 11.5. The summed E-state index contributed by atoms with van der Waals surface area (Å²) in [6.07, 6.45) is 2.55. The molecule has 1 aliphatic carbocycles. The minimum Gasteiger partial charge on any atom is -0.469 e. The SMILES string of the molecule is COC(=O)CC1(CSc2ccc([N+](=O)[O-])cc2C)CC1. The van der Waals surface area contributed by atoms with Crippen LogP contribution in [-0.4, -0.2) is 23.8 Å². The molecule has 0 amide bonds. The van der Waals surface area contributed by atoms with Gasteiger partial charge in [-0.2, -0.15) is 0 Å². The third-order valence-corrected chi connectivity index (χ3v) is 5.13. The second kappa shape index (κ2) is 5.83. The average molecular weight is 295 g/mol. The van der Waals surface area contributed by atoms with E-state index < -0.39 is 0 Å². The molecule has 1 saturated carbocycles. The quantitative estimate of drug-likeness (QED) is 0.348. The first-order chi connectivity index (χ1) is 9.46. The zero-order chi connectivity index (χ0) is 14.8. The molecular weight excluding hydrogens is 278 g/mol. The number of carbonyl (C=O) groups excluding carboxylic acids is 1. The van der Waals surface area contributed by atoms with Crippen molar-refractivity contribution in [3.63, 3.8) is 0 Å². The van der Waals surface area contributed by atoms with Gasteiger partial charge in [0.25, 0.3) is 5.69 Å². The number of nitro benzene ring substituents is 1. The van der Waals surface area contributed by atoms with Gasteiger partial charge in [-0.1, -0.05) is 0 Å². The molecule has 1 aromatic rings. The molecule has 0 spiro atoms. The van der Waals surface area contributed by atoms with Crippen LogP contribution in [0.3, 0.4) is 0 Å². The molecule has 1 aromatic carbocycles. The summed E-state index contributed by atoms with van der Waals surface area (Å²) in [4.78, 5) is 22.7. The van der Waals surface area contributed by atoms with E-state index in [1.54, 1.807) is 23.9 Å². The molecule has 0 saturated heterocycles. The molecular formula is C14H17NO4S. The molecule has 0 N–H and O–H groups in total. The summed E-state index contributed by atoms with van der Waals surface area (Å²) in [5, 5.41) is 10.7. The van der Waals surface area contributed by atoms with Crippen molar-refractivity contribution in [2.24, 2.45) is 5.41 Å². The number of hydrogen-bond acceptors (Lipinski definition) is 5. The lowest BCUT2D eigenvalue weighted by atomic mass is 10.1. The summed E-state index contributed by atoms with van der Waals surface area (Å²) in [6, 6.07) is 4.89. The largest absolute Gasteiger partial charge is 0.469 e. The van der Waals surface area contributed by atoms with Crippen molar-refractivity contribution in [2.75, 3.05) is 12.9 Å². The Morgan fingerprint density at radius 1 is 1.50 bits per heavy atom. The Hall–Kier alpha value is -1.56. The van der Waals surface area contributed by atoms with Crippen molar-refractivity contribution < 1.29 is 14.5 Å². The Labute approximate surface area is 121 Å². The zero-order valence-corrected chi connectivity index (χ0v) is 12.4. The molecule has 0 heterocycles. The van der Waals surface area contributed by atoms with Gasteiger partial charge in [0.2, 0.25) is 0 Å². The molecule has 0 aliphatic heterocycles. The van der Waals surface area contributed by atoms with Gasteiger partial charge in [-0.3, -0.25) is 14.9 Å². The summed E-state index contributed by atoms with van der Waals surface area (Å²) in [5.74, 6) is 0.685. The first kappa shape index (κ1) is 14.8. The van der Waals surface area contributed by atoms with Gasteiger partial charge < -0.3 is 4.74 Å². The molecule has 0 unspecified atom stereocenters. The molecule has 0 aromatic heterocycles. The number of hydrogen-bond donors (Lipinski definition) is 0. The monoisotopic (exact) mass is 295 g/mol. The molecule has 0 atom stereocenters. The summed E-state index contributed by atoms with van der Waals surface area (Å²) < 4.78 is 4.72. The van der Waals surface area contributed by atoms with Crippen molar-refractivity contribution in [3.8, 4) is 0 Å². The summed E-state index contributed by atoms with van der Waals surface area (Å²) >= 11 is 1.66. The summed E-state index contributed by atoms with van der Waals surface area (Å²) in [7, 11) is 1.41. The average Bonchev–Trinajstić information content (AvgIpc) is 3.17. The van der Waals surface area contributed by atoms with Crippen molar-refractivity contribution in [1.82, 2.24) is 0 Å². The lowest BCUT2D eigenvalue weighted by Gasteiger charge is -2.14. The van der Waals surface area contributed by atoms with Gasteiger partial charge in [0.05, 0.1) is 18.5 Å². The van der Waals surface area contributed by atoms with E-state index in [1.807, 2.05) is 6.92 Å². The van der Waals surface area contributed by atoms with Crippen molar-refractivity contribution in [1.29, 1.82) is 0 Å². The Morgan fingerprint density at radius 3 is 2.70 bits per heavy atom. The fourth-order valence-electron chi connectivity index (χ4n) is 2.07. The fourth-order valence-corrected chi connectivity index (χ4v) is 3.37. The van der Waals surface area contributed by atoms with Crippen LogP contribution in [0.1, 0.15) is 24.8 Å². The highest BCUT2D eigenvalue weighted by atomic mass is 32.2. The Kier molecular flexibility index (Phi) is 4.32. The van der Waals surface area contributed by atoms with E-state index in [-0.39, 0.29) is 22.0 Å². The second-order valence-corrected chi connectivity index (χ2v) is 6.27. The molecule has 0 bridgehead atoms. The normalized spacial score (nSPS) is 15.7. The van der Waals surface area contributed by atoms with Gasteiger partial charge in [0.1, 0.15) is 0 Å². The van der Waals surface area contributed by atoms with Gasteiger partial charge in [-0.25, -0.2) is 0 Å². The number of nitrogens with zero attached hydrogens (tertiary/aromatic N) is 1. The third kappa shape index (κ3) is 3.50. The van der Waals surface area contributed by atoms with Gasteiger partial charge in [-0.05, 0) is 36.8 Å². The number of non-ortho nitro benzene ring substituents is 1. The number of benzene rings is 1. The van der Waals surface area contributed by atoms with Crippen LogP contribution in [-0.2, 0) is 9.53 Å². The van der Waals surface area contributed by atoms with E-state index in [1.165, 1.54) is 13.2 Å². The van der Waals surface area contributed by atoms with Crippen LogP contribution in [0.2, 0.25) is 0 Å². The van der Waals surface area contributed by atoms with Crippen molar-refractivity contribution >= 4 is 23.4 Å². The first-order valence-corrected chi connectivity index (χ1v) is 7.39. The Balaban J connectivity index is 1.98. The molecule has 6 heteroatoms.